The molecule has 0 bridgehead atoms. The molecule has 4 nitrogen and oxygen atoms in total. The molecule has 0 unspecified atom stereocenters. The molecule has 0 saturated carbocycles. The lowest BCUT2D eigenvalue weighted by atomic mass is 10.1. The summed E-state index contributed by atoms with van der Waals surface area (Å²) >= 11 is 0. The van der Waals surface area contributed by atoms with Crippen LogP contribution in [-0.2, 0) is 4.74 Å². The smallest absolute Gasteiger partial charge is 0.254 e. The predicted molar refractivity (Wildman–Crippen MR) is 81.2 cm³/mol. The molecule has 4 heteroatoms. The van der Waals surface area contributed by atoms with Gasteiger partial charge in [-0.05, 0) is 12.5 Å². The van der Waals surface area contributed by atoms with Crippen LogP contribution in [0.15, 0.2) is 24.3 Å². The first-order valence-corrected chi connectivity index (χ1v) is 7.08. The molecule has 1 aromatic rings. The maximum atomic E-state index is 12.1. The lowest BCUT2D eigenvalue weighted by molar-refractivity contribution is 0.0694. The maximum absolute atomic E-state index is 12.1. The third kappa shape index (κ3) is 5.97. The van der Waals surface area contributed by atoms with Crippen LogP contribution in [0.4, 0.5) is 0 Å². The summed E-state index contributed by atoms with van der Waals surface area (Å²) in [5.41, 5.74) is 0.856. The van der Waals surface area contributed by atoms with Gasteiger partial charge in [-0.15, -0.1) is 0 Å². The molecule has 1 rings (SSSR count). The standard InChI is InChI=1S/C14H19NO3.C2H6/c1-3-9-18-10-8-15(2)14(17)13-7-5-4-6-12(13)11-16;1-2/h4-7,11H,3,8-10H2,1-2H3;1-2H3. The average molecular weight is 279 g/mol. The van der Waals surface area contributed by atoms with Gasteiger partial charge in [0.2, 0.25) is 0 Å². The minimum atomic E-state index is -0.155. The highest BCUT2D eigenvalue weighted by atomic mass is 16.5. The summed E-state index contributed by atoms with van der Waals surface area (Å²) in [5, 5.41) is 0. The van der Waals surface area contributed by atoms with Crippen molar-refractivity contribution in [2.45, 2.75) is 27.2 Å². The van der Waals surface area contributed by atoms with E-state index >= 15 is 0 Å². The van der Waals surface area contributed by atoms with E-state index in [0.717, 1.165) is 6.42 Å². The quantitative estimate of drug-likeness (QED) is 0.569. The monoisotopic (exact) mass is 279 g/mol. The van der Waals surface area contributed by atoms with Gasteiger partial charge in [0.15, 0.2) is 6.29 Å². The molecular weight excluding hydrogens is 254 g/mol. The summed E-state index contributed by atoms with van der Waals surface area (Å²) in [7, 11) is 1.71. The summed E-state index contributed by atoms with van der Waals surface area (Å²) in [6, 6.07) is 6.80. The van der Waals surface area contributed by atoms with E-state index in [0.29, 0.717) is 37.2 Å². The van der Waals surface area contributed by atoms with Crippen LogP contribution in [0.5, 0.6) is 0 Å². The first-order valence-electron chi connectivity index (χ1n) is 7.08. The zero-order valence-corrected chi connectivity index (χ0v) is 12.9. The van der Waals surface area contributed by atoms with Crippen molar-refractivity contribution in [3.05, 3.63) is 35.4 Å². The van der Waals surface area contributed by atoms with E-state index in [2.05, 4.69) is 0 Å². The van der Waals surface area contributed by atoms with Crippen molar-refractivity contribution in [3.63, 3.8) is 0 Å². The third-order valence-electron chi connectivity index (χ3n) is 2.58. The summed E-state index contributed by atoms with van der Waals surface area (Å²) in [5.74, 6) is -0.155. The second kappa shape index (κ2) is 11.2. The van der Waals surface area contributed by atoms with Crippen molar-refractivity contribution in [1.82, 2.24) is 4.90 Å². The van der Waals surface area contributed by atoms with Gasteiger partial charge in [0.1, 0.15) is 0 Å². The fourth-order valence-corrected chi connectivity index (χ4v) is 1.55. The van der Waals surface area contributed by atoms with Crippen LogP contribution in [0.2, 0.25) is 0 Å². The van der Waals surface area contributed by atoms with E-state index in [9.17, 15) is 9.59 Å². The Hall–Kier alpha value is -1.68. The number of carbonyl (C=O) groups excluding carboxylic acids is 2. The van der Waals surface area contributed by atoms with E-state index in [-0.39, 0.29) is 5.91 Å². The number of ether oxygens (including phenoxy) is 1. The second-order valence-electron chi connectivity index (χ2n) is 4.04. The summed E-state index contributed by atoms with van der Waals surface area (Å²) < 4.78 is 5.33. The minimum Gasteiger partial charge on any atom is -0.380 e. The highest BCUT2D eigenvalue weighted by Gasteiger charge is 2.14. The van der Waals surface area contributed by atoms with E-state index in [1.165, 1.54) is 0 Å². The number of rotatable bonds is 7. The SMILES string of the molecule is CC.CCCOCCN(C)C(=O)c1ccccc1C=O. The van der Waals surface area contributed by atoms with Crippen LogP contribution in [0, 0.1) is 0 Å². The molecule has 0 N–H and O–H groups in total. The van der Waals surface area contributed by atoms with Crippen molar-refractivity contribution in [2.24, 2.45) is 0 Å². The fraction of sp³-hybridized carbons (Fsp3) is 0.500. The number of hydrogen-bond donors (Lipinski definition) is 0. The molecule has 1 amide bonds. The van der Waals surface area contributed by atoms with Crippen LogP contribution in [0.1, 0.15) is 47.9 Å². The van der Waals surface area contributed by atoms with Crippen molar-refractivity contribution in [3.8, 4) is 0 Å². The van der Waals surface area contributed by atoms with Crippen LogP contribution >= 0.6 is 0 Å². The Balaban J connectivity index is 0.00000172. The Morgan fingerprint density at radius 1 is 1.25 bits per heavy atom. The van der Waals surface area contributed by atoms with Gasteiger partial charge in [0.25, 0.3) is 5.91 Å². The molecule has 0 radical (unpaired) electrons. The zero-order chi connectivity index (χ0) is 15.4. The lowest BCUT2D eigenvalue weighted by Gasteiger charge is -2.17. The number of nitrogens with zero attached hydrogens (tertiary/aromatic N) is 1. The molecule has 0 atom stereocenters. The van der Waals surface area contributed by atoms with Crippen LogP contribution in [0.3, 0.4) is 0 Å². The van der Waals surface area contributed by atoms with E-state index in [4.69, 9.17) is 4.74 Å². The van der Waals surface area contributed by atoms with Gasteiger partial charge < -0.3 is 9.64 Å². The first kappa shape index (κ1) is 18.3. The second-order valence-corrected chi connectivity index (χ2v) is 4.04. The number of aldehydes is 1. The molecule has 0 aliphatic rings. The maximum Gasteiger partial charge on any atom is 0.254 e. The highest BCUT2D eigenvalue weighted by molar-refractivity contribution is 6.01. The van der Waals surface area contributed by atoms with Crippen molar-refractivity contribution < 1.29 is 14.3 Å². The number of amides is 1. The van der Waals surface area contributed by atoms with Gasteiger partial charge in [-0.25, -0.2) is 0 Å². The van der Waals surface area contributed by atoms with Crippen molar-refractivity contribution >= 4 is 12.2 Å². The molecule has 0 saturated heterocycles. The topological polar surface area (TPSA) is 46.6 Å². The minimum absolute atomic E-state index is 0.155. The van der Waals surface area contributed by atoms with Gasteiger partial charge in [0.05, 0.1) is 12.2 Å². The fourth-order valence-electron chi connectivity index (χ4n) is 1.55. The predicted octanol–water partition coefficient (Wildman–Crippen LogP) is 3.02. The number of benzene rings is 1. The van der Waals surface area contributed by atoms with Crippen molar-refractivity contribution in [2.75, 3.05) is 26.8 Å². The summed E-state index contributed by atoms with van der Waals surface area (Å²) in [4.78, 5) is 24.5. The molecule has 0 aliphatic heterocycles. The summed E-state index contributed by atoms with van der Waals surface area (Å²) in [6.07, 6.45) is 1.67. The molecule has 0 aliphatic carbocycles. The molecule has 1 aromatic carbocycles. The van der Waals surface area contributed by atoms with E-state index < -0.39 is 0 Å². The normalized spacial score (nSPS) is 9.40. The lowest BCUT2D eigenvalue weighted by Crippen LogP contribution is -2.30. The van der Waals surface area contributed by atoms with Crippen LogP contribution in [-0.4, -0.2) is 43.9 Å². The van der Waals surface area contributed by atoms with Gasteiger partial charge in [-0.3, -0.25) is 9.59 Å². The molecular formula is C16H25NO3. The molecule has 0 fully saturated rings. The Morgan fingerprint density at radius 2 is 1.90 bits per heavy atom. The number of hydrogen-bond acceptors (Lipinski definition) is 3. The van der Waals surface area contributed by atoms with Gasteiger partial charge in [-0.1, -0.05) is 39.0 Å². The number of likely N-dealkylation sites (N-methyl/N-ethyl adjacent to an activating group) is 1. The number of carbonyl (C=O) groups is 2. The highest BCUT2D eigenvalue weighted by Crippen LogP contribution is 2.08. The largest absolute Gasteiger partial charge is 0.380 e. The van der Waals surface area contributed by atoms with E-state index in [1.54, 1.807) is 36.2 Å². The Bertz CT molecular complexity index is 404. The Labute approximate surface area is 121 Å². The van der Waals surface area contributed by atoms with Crippen LogP contribution < -0.4 is 0 Å². The summed E-state index contributed by atoms with van der Waals surface area (Å²) in [6.45, 7) is 7.77. The van der Waals surface area contributed by atoms with Gasteiger partial charge in [0, 0.05) is 25.8 Å². The molecule has 0 aromatic heterocycles. The molecule has 112 valence electrons. The van der Waals surface area contributed by atoms with Crippen LogP contribution in [0.25, 0.3) is 0 Å². The third-order valence-corrected chi connectivity index (χ3v) is 2.58. The van der Waals surface area contributed by atoms with E-state index in [1.807, 2.05) is 20.8 Å². The van der Waals surface area contributed by atoms with Crippen molar-refractivity contribution in [1.29, 1.82) is 0 Å². The molecule has 20 heavy (non-hydrogen) atoms. The molecule has 0 heterocycles. The Morgan fingerprint density at radius 3 is 2.50 bits per heavy atom. The van der Waals surface area contributed by atoms with Gasteiger partial charge in [-0.2, -0.15) is 0 Å². The first-order chi connectivity index (χ1) is 9.70. The molecule has 0 spiro atoms. The average Bonchev–Trinajstić information content (AvgIpc) is 2.52. The Kier molecular flexibility index (Phi) is 10.2. The van der Waals surface area contributed by atoms with Gasteiger partial charge >= 0.3 is 0 Å². The zero-order valence-electron chi connectivity index (χ0n) is 12.9.